The third kappa shape index (κ3) is 4.26. The van der Waals surface area contributed by atoms with Crippen LogP contribution in [-0.4, -0.2) is 23.9 Å². The van der Waals surface area contributed by atoms with Gasteiger partial charge in [-0.15, -0.1) is 11.3 Å². The maximum absolute atomic E-state index is 11.7. The monoisotopic (exact) mass is 303 g/mol. The zero-order chi connectivity index (χ0) is 12.0. The van der Waals surface area contributed by atoms with Gasteiger partial charge in [-0.05, 0) is 54.8 Å². The lowest BCUT2D eigenvalue weighted by Crippen LogP contribution is -2.30. The molecule has 0 fully saturated rings. The van der Waals surface area contributed by atoms with E-state index in [-0.39, 0.29) is 5.91 Å². The average Bonchev–Trinajstić information content (AvgIpc) is 2.66. The highest BCUT2D eigenvalue weighted by molar-refractivity contribution is 9.11. The topological polar surface area (TPSA) is 20.3 Å². The minimum atomic E-state index is 0.278. The van der Waals surface area contributed by atoms with Crippen LogP contribution in [0.3, 0.4) is 0 Å². The molecule has 0 N–H and O–H groups in total. The molecule has 0 aliphatic rings. The summed E-state index contributed by atoms with van der Waals surface area (Å²) in [4.78, 5) is 15.0. The van der Waals surface area contributed by atoms with Crippen molar-refractivity contribution >= 4 is 33.2 Å². The molecule has 0 saturated carbocycles. The number of carbonyl (C=O) groups excluding carboxylic acids is 1. The van der Waals surface area contributed by atoms with Crippen molar-refractivity contribution in [3.8, 4) is 0 Å². The Morgan fingerprint density at radius 1 is 1.38 bits per heavy atom. The number of carbonyl (C=O) groups is 1. The van der Waals surface area contributed by atoms with E-state index in [4.69, 9.17) is 0 Å². The smallest absolute Gasteiger partial charge is 0.222 e. The molecule has 1 amide bonds. The fraction of sp³-hybridized carbons (Fsp3) is 0.583. The molecule has 2 nitrogen and oxygen atoms in total. The van der Waals surface area contributed by atoms with Gasteiger partial charge in [-0.3, -0.25) is 4.79 Å². The fourth-order valence-electron chi connectivity index (χ4n) is 1.63. The molecule has 4 heteroatoms. The van der Waals surface area contributed by atoms with Crippen LogP contribution < -0.4 is 0 Å². The van der Waals surface area contributed by atoms with E-state index in [2.05, 4.69) is 28.1 Å². The second-order valence-corrected chi connectivity index (χ2v) is 6.17. The van der Waals surface area contributed by atoms with Crippen molar-refractivity contribution in [2.24, 2.45) is 0 Å². The van der Waals surface area contributed by atoms with Crippen molar-refractivity contribution in [1.82, 2.24) is 4.90 Å². The number of nitrogens with zero attached hydrogens (tertiary/aromatic N) is 1. The minimum absolute atomic E-state index is 0.278. The standard InChI is InChI=1S/C12H18BrNOS/c1-3-14(4-2)12(15)7-5-6-10-8-9-11(13)16-10/h8-9H,3-7H2,1-2H3. The van der Waals surface area contributed by atoms with E-state index >= 15 is 0 Å². The molecular formula is C12H18BrNOS. The van der Waals surface area contributed by atoms with Gasteiger partial charge in [0, 0.05) is 24.4 Å². The van der Waals surface area contributed by atoms with Gasteiger partial charge in [-0.25, -0.2) is 0 Å². The van der Waals surface area contributed by atoms with Crippen LogP contribution in [0.15, 0.2) is 15.9 Å². The first kappa shape index (κ1) is 13.7. The van der Waals surface area contributed by atoms with Gasteiger partial charge in [0.2, 0.25) is 5.91 Å². The van der Waals surface area contributed by atoms with E-state index in [0.717, 1.165) is 29.7 Å². The predicted molar refractivity (Wildman–Crippen MR) is 72.9 cm³/mol. The van der Waals surface area contributed by atoms with Gasteiger partial charge in [0.15, 0.2) is 0 Å². The zero-order valence-electron chi connectivity index (χ0n) is 9.83. The lowest BCUT2D eigenvalue weighted by Gasteiger charge is -2.18. The third-order valence-electron chi connectivity index (χ3n) is 2.56. The van der Waals surface area contributed by atoms with Gasteiger partial charge >= 0.3 is 0 Å². The molecule has 90 valence electrons. The van der Waals surface area contributed by atoms with Crippen LogP contribution >= 0.6 is 27.3 Å². The number of halogens is 1. The van der Waals surface area contributed by atoms with Crippen LogP contribution in [0.4, 0.5) is 0 Å². The molecule has 0 aliphatic carbocycles. The Balaban J connectivity index is 2.27. The lowest BCUT2D eigenvalue weighted by molar-refractivity contribution is -0.130. The summed E-state index contributed by atoms with van der Waals surface area (Å²) >= 11 is 5.19. The van der Waals surface area contributed by atoms with Crippen LogP contribution in [0.25, 0.3) is 0 Å². The highest BCUT2D eigenvalue weighted by atomic mass is 79.9. The first-order chi connectivity index (χ1) is 7.67. The molecule has 1 rings (SSSR count). The first-order valence-electron chi connectivity index (χ1n) is 5.69. The van der Waals surface area contributed by atoms with Crippen molar-refractivity contribution in [3.05, 3.63) is 20.8 Å². The summed E-state index contributed by atoms with van der Waals surface area (Å²) in [6, 6.07) is 4.18. The summed E-state index contributed by atoms with van der Waals surface area (Å²) in [5.74, 6) is 0.278. The van der Waals surface area contributed by atoms with Crippen LogP contribution in [0.2, 0.25) is 0 Å². The molecule has 0 aliphatic heterocycles. The lowest BCUT2D eigenvalue weighted by atomic mass is 10.2. The summed E-state index contributed by atoms with van der Waals surface area (Å²) in [5, 5.41) is 0. The molecule has 0 atom stereocenters. The first-order valence-corrected chi connectivity index (χ1v) is 7.30. The summed E-state index contributed by atoms with van der Waals surface area (Å²) in [5.41, 5.74) is 0. The zero-order valence-corrected chi connectivity index (χ0v) is 12.2. The van der Waals surface area contributed by atoms with E-state index < -0.39 is 0 Å². The maximum atomic E-state index is 11.7. The van der Waals surface area contributed by atoms with Gasteiger partial charge in [0.1, 0.15) is 0 Å². The molecule has 0 spiro atoms. The number of amides is 1. The van der Waals surface area contributed by atoms with Crippen molar-refractivity contribution in [2.75, 3.05) is 13.1 Å². The quantitative estimate of drug-likeness (QED) is 0.784. The van der Waals surface area contributed by atoms with E-state index in [1.807, 2.05) is 18.7 Å². The van der Waals surface area contributed by atoms with Crippen molar-refractivity contribution in [2.45, 2.75) is 33.1 Å². The molecule has 0 unspecified atom stereocenters. The third-order valence-corrected chi connectivity index (χ3v) is 4.24. The molecule has 0 saturated heterocycles. The summed E-state index contributed by atoms with van der Waals surface area (Å²) in [6.07, 6.45) is 2.61. The van der Waals surface area contributed by atoms with Crippen LogP contribution in [-0.2, 0) is 11.2 Å². The molecular weight excluding hydrogens is 286 g/mol. The van der Waals surface area contributed by atoms with Gasteiger partial charge in [-0.2, -0.15) is 0 Å². The van der Waals surface area contributed by atoms with Crippen LogP contribution in [0.1, 0.15) is 31.6 Å². The number of aryl methyl sites for hydroxylation is 1. The minimum Gasteiger partial charge on any atom is -0.343 e. The summed E-state index contributed by atoms with van der Waals surface area (Å²) < 4.78 is 1.16. The second kappa shape index (κ2) is 7.07. The number of hydrogen-bond acceptors (Lipinski definition) is 2. The van der Waals surface area contributed by atoms with Crippen LogP contribution in [0, 0.1) is 0 Å². The molecule has 1 heterocycles. The highest BCUT2D eigenvalue weighted by Crippen LogP contribution is 2.23. The molecule has 16 heavy (non-hydrogen) atoms. The molecule has 0 bridgehead atoms. The molecule has 0 radical (unpaired) electrons. The van der Waals surface area contributed by atoms with Gasteiger partial charge in [0.25, 0.3) is 0 Å². The number of thiophene rings is 1. The SMILES string of the molecule is CCN(CC)C(=O)CCCc1ccc(Br)s1. The summed E-state index contributed by atoms with van der Waals surface area (Å²) in [7, 11) is 0. The van der Waals surface area contributed by atoms with E-state index in [9.17, 15) is 4.79 Å². The molecule has 1 aromatic rings. The Hall–Kier alpha value is -0.350. The Bertz CT molecular complexity index is 334. The molecule has 1 aromatic heterocycles. The molecule has 0 aromatic carbocycles. The van der Waals surface area contributed by atoms with Gasteiger partial charge in [0.05, 0.1) is 3.79 Å². The van der Waals surface area contributed by atoms with Gasteiger partial charge < -0.3 is 4.90 Å². The van der Waals surface area contributed by atoms with Gasteiger partial charge in [-0.1, -0.05) is 0 Å². The summed E-state index contributed by atoms with van der Waals surface area (Å²) in [6.45, 7) is 5.69. The Labute approximate surface area is 110 Å². The Kier molecular flexibility index (Phi) is 6.06. The Morgan fingerprint density at radius 3 is 2.56 bits per heavy atom. The fourth-order valence-corrected chi connectivity index (χ4v) is 3.16. The van der Waals surface area contributed by atoms with Crippen LogP contribution in [0.5, 0.6) is 0 Å². The van der Waals surface area contributed by atoms with Crippen molar-refractivity contribution in [1.29, 1.82) is 0 Å². The normalized spacial score (nSPS) is 10.4. The maximum Gasteiger partial charge on any atom is 0.222 e. The Morgan fingerprint density at radius 2 is 2.06 bits per heavy atom. The van der Waals surface area contributed by atoms with E-state index in [0.29, 0.717) is 6.42 Å². The predicted octanol–water partition coefficient (Wildman–Crippen LogP) is 3.70. The number of hydrogen-bond donors (Lipinski definition) is 0. The van der Waals surface area contributed by atoms with Crippen molar-refractivity contribution < 1.29 is 4.79 Å². The van der Waals surface area contributed by atoms with Crippen molar-refractivity contribution in [3.63, 3.8) is 0 Å². The van der Waals surface area contributed by atoms with E-state index in [1.54, 1.807) is 11.3 Å². The average molecular weight is 304 g/mol. The second-order valence-electron chi connectivity index (χ2n) is 3.63. The number of rotatable bonds is 6. The van der Waals surface area contributed by atoms with E-state index in [1.165, 1.54) is 4.88 Å². The highest BCUT2D eigenvalue weighted by Gasteiger charge is 2.08. The largest absolute Gasteiger partial charge is 0.343 e.